The standard InChI is InChI=1S/C15H25N3O/c1-12(2)16-10-13-6-8-14(9-7-13)18(5)11-15(19)17(3)4/h6-9,12,16H,10-11H2,1-5H3. The van der Waals surface area contributed by atoms with Crippen LogP contribution >= 0.6 is 0 Å². The first-order valence-corrected chi connectivity index (χ1v) is 6.63. The molecular weight excluding hydrogens is 238 g/mol. The second-order valence-electron chi connectivity index (χ2n) is 5.35. The summed E-state index contributed by atoms with van der Waals surface area (Å²) in [6.45, 7) is 5.54. The minimum atomic E-state index is 0.105. The van der Waals surface area contributed by atoms with Crippen LogP contribution in [0.1, 0.15) is 19.4 Å². The summed E-state index contributed by atoms with van der Waals surface area (Å²) in [5.74, 6) is 0.105. The number of rotatable bonds is 6. The van der Waals surface area contributed by atoms with Crippen LogP contribution in [-0.4, -0.2) is 44.5 Å². The number of anilines is 1. The predicted octanol–water partition coefficient (Wildman–Crippen LogP) is 1.71. The van der Waals surface area contributed by atoms with Gasteiger partial charge in [-0.15, -0.1) is 0 Å². The third-order valence-corrected chi connectivity index (χ3v) is 2.96. The zero-order chi connectivity index (χ0) is 14.4. The number of hydrogen-bond donors (Lipinski definition) is 1. The predicted molar refractivity (Wildman–Crippen MR) is 80.4 cm³/mol. The lowest BCUT2D eigenvalue weighted by Gasteiger charge is -2.21. The summed E-state index contributed by atoms with van der Waals surface area (Å²) < 4.78 is 0. The van der Waals surface area contributed by atoms with Crippen LogP contribution in [-0.2, 0) is 11.3 Å². The molecule has 0 saturated heterocycles. The van der Waals surface area contributed by atoms with Crippen molar-refractivity contribution in [2.24, 2.45) is 0 Å². The maximum Gasteiger partial charge on any atom is 0.241 e. The number of nitrogens with one attached hydrogen (secondary N) is 1. The molecule has 19 heavy (non-hydrogen) atoms. The van der Waals surface area contributed by atoms with Gasteiger partial charge in [-0.25, -0.2) is 0 Å². The van der Waals surface area contributed by atoms with Crippen LogP contribution in [0.25, 0.3) is 0 Å². The summed E-state index contributed by atoms with van der Waals surface area (Å²) in [5.41, 5.74) is 2.31. The molecule has 1 rings (SSSR count). The number of carbonyl (C=O) groups is 1. The molecule has 0 unspecified atom stereocenters. The van der Waals surface area contributed by atoms with Crippen LogP contribution < -0.4 is 10.2 Å². The Hall–Kier alpha value is -1.55. The van der Waals surface area contributed by atoms with E-state index in [0.29, 0.717) is 12.6 Å². The molecule has 0 heterocycles. The van der Waals surface area contributed by atoms with Crippen LogP contribution in [0.2, 0.25) is 0 Å². The molecule has 1 aromatic rings. The molecule has 1 aromatic carbocycles. The van der Waals surface area contributed by atoms with Gasteiger partial charge in [-0.3, -0.25) is 4.79 Å². The van der Waals surface area contributed by atoms with E-state index in [1.807, 2.05) is 11.9 Å². The van der Waals surface area contributed by atoms with E-state index in [1.54, 1.807) is 19.0 Å². The normalized spacial score (nSPS) is 10.6. The highest BCUT2D eigenvalue weighted by molar-refractivity contribution is 5.80. The highest BCUT2D eigenvalue weighted by Crippen LogP contribution is 2.13. The van der Waals surface area contributed by atoms with Gasteiger partial charge in [0.15, 0.2) is 0 Å². The number of amides is 1. The molecule has 0 aliphatic rings. The lowest BCUT2D eigenvalue weighted by molar-refractivity contribution is -0.127. The fraction of sp³-hybridized carbons (Fsp3) is 0.533. The zero-order valence-corrected chi connectivity index (χ0v) is 12.6. The van der Waals surface area contributed by atoms with Gasteiger partial charge in [-0.05, 0) is 17.7 Å². The molecule has 0 aliphatic heterocycles. The molecule has 0 bridgehead atoms. The van der Waals surface area contributed by atoms with Crippen molar-refractivity contribution < 1.29 is 4.79 Å². The third kappa shape index (κ3) is 5.30. The topological polar surface area (TPSA) is 35.6 Å². The van der Waals surface area contributed by atoms with E-state index in [0.717, 1.165) is 12.2 Å². The van der Waals surface area contributed by atoms with Gasteiger partial charge < -0.3 is 15.1 Å². The molecule has 106 valence electrons. The SMILES string of the molecule is CC(C)NCc1ccc(N(C)CC(=O)N(C)C)cc1. The number of carbonyl (C=O) groups excluding carboxylic acids is 1. The van der Waals surface area contributed by atoms with E-state index in [9.17, 15) is 4.79 Å². The van der Waals surface area contributed by atoms with E-state index >= 15 is 0 Å². The molecule has 0 radical (unpaired) electrons. The molecule has 0 aliphatic carbocycles. The van der Waals surface area contributed by atoms with Crippen LogP contribution in [0.15, 0.2) is 24.3 Å². The molecule has 4 nitrogen and oxygen atoms in total. The second-order valence-corrected chi connectivity index (χ2v) is 5.35. The fourth-order valence-corrected chi connectivity index (χ4v) is 1.63. The van der Waals surface area contributed by atoms with Crippen molar-refractivity contribution in [3.8, 4) is 0 Å². The van der Waals surface area contributed by atoms with Crippen molar-refractivity contribution in [2.45, 2.75) is 26.4 Å². The van der Waals surface area contributed by atoms with Crippen molar-refractivity contribution in [3.05, 3.63) is 29.8 Å². The zero-order valence-electron chi connectivity index (χ0n) is 12.6. The van der Waals surface area contributed by atoms with E-state index in [-0.39, 0.29) is 5.91 Å². The highest BCUT2D eigenvalue weighted by Gasteiger charge is 2.08. The Kier molecular flexibility index (Phi) is 5.83. The first kappa shape index (κ1) is 15.5. The minimum absolute atomic E-state index is 0.105. The number of nitrogens with zero attached hydrogens (tertiary/aromatic N) is 2. The molecular formula is C15H25N3O. The van der Waals surface area contributed by atoms with Crippen molar-refractivity contribution in [3.63, 3.8) is 0 Å². The van der Waals surface area contributed by atoms with Crippen molar-refractivity contribution in [1.82, 2.24) is 10.2 Å². The molecule has 0 fully saturated rings. The summed E-state index contributed by atoms with van der Waals surface area (Å²) in [6.07, 6.45) is 0. The Morgan fingerprint density at radius 1 is 1.16 bits per heavy atom. The Morgan fingerprint density at radius 2 is 1.74 bits per heavy atom. The van der Waals surface area contributed by atoms with Gasteiger partial charge in [0, 0.05) is 39.4 Å². The average molecular weight is 263 g/mol. The molecule has 1 amide bonds. The van der Waals surface area contributed by atoms with Crippen LogP contribution in [0, 0.1) is 0 Å². The summed E-state index contributed by atoms with van der Waals surface area (Å²) >= 11 is 0. The Bertz CT molecular complexity index is 398. The number of benzene rings is 1. The van der Waals surface area contributed by atoms with E-state index in [2.05, 4.69) is 43.4 Å². The van der Waals surface area contributed by atoms with Gasteiger partial charge >= 0.3 is 0 Å². The van der Waals surface area contributed by atoms with E-state index in [1.165, 1.54) is 5.56 Å². The maximum absolute atomic E-state index is 11.6. The summed E-state index contributed by atoms with van der Waals surface area (Å²) in [4.78, 5) is 15.2. The molecule has 4 heteroatoms. The Balaban J connectivity index is 2.57. The molecule has 0 atom stereocenters. The summed E-state index contributed by atoms with van der Waals surface area (Å²) in [7, 11) is 5.48. The molecule has 0 aromatic heterocycles. The van der Waals surface area contributed by atoms with Crippen LogP contribution in [0.5, 0.6) is 0 Å². The minimum Gasteiger partial charge on any atom is -0.365 e. The first-order valence-electron chi connectivity index (χ1n) is 6.63. The average Bonchev–Trinajstić information content (AvgIpc) is 2.36. The van der Waals surface area contributed by atoms with Gasteiger partial charge in [0.25, 0.3) is 0 Å². The second kappa shape index (κ2) is 7.14. The van der Waals surface area contributed by atoms with Gasteiger partial charge in [-0.2, -0.15) is 0 Å². The molecule has 1 N–H and O–H groups in total. The smallest absolute Gasteiger partial charge is 0.241 e. The summed E-state index contributed by atoms with van der Waals surface area (Å²) in [6, 6.07) is 8.79. The fourth-order valence-electron chi connectivity index (χ4n) is 1.63. The largest absolute Gasteiger partial charge is 0.365 e. The Labute approximate surface area is 116 Å². The van der Waals surface area contributed by atoms with Gasteiger partial charge in [0.1, 0.15) is 0 Å². The first-order chi connectivity index (χ1) is 8.90. The number of hydrogen-bond acceptors (Lipinski definition) is 3. The molecule has 0 saturated carbocycles. The van der Waals surface area contributed by atoms with Crippen molar-refractivity contribution in [1.29, 1.82) is 0 Å². The van der Waals surface area contributed by atoms with Crippen molar-refractivity contribution >= 4 is 11.6 Å². The van der Waals surface area contributed by atoms with Gasteiger partial charge in [-0.1, -0.05) is 26.0 Å². The highest BCUT2D eigenvalue weighted by atomic mass is 16.2. The van der Waals surface area contributed by atoms with Gasteiger partial charge in [0.05, 0.1) is 6.54 Å². The third-order valence-electron chi connectivity index (χ3n) is 2.96. The maximum atomic E-state index is 11.6. The van der Waals surface area contributed by atoms with Crippen LogP contribution in [0.4, 0.5) is 5.69 Å². The molecule has 0 spiro atoms. The number of likely N-dealkylation sites (N-methyl/N-ethyl adjacent to an activating group) is 2. The Morgan fingerprint density at radius 3 is 2.21 bits per heavy atom. The van der Waals surface area contributed by atoms with Gasteiger partial charge in [0.2, 0.25) is 5.91 Å². The lowest BCUT2D eigenvalue weighted by Crippen LogP contribution is -2.34. The quantitative estimate of drug-likeness (QED) is 0.848. The van der Waals surface area contributed by atoms with E-state index in [4.69, 9.17) is 0 Å². The monoisotopic (exact) mass is 263 g/mol. The van der Waals surface area contributed by atoms with Crippen LogP contribution in [0.3, 0.4) is 0 Å². The van der Waals surface area contributed by atoms with E-state index < -0.39 is 0 Å². The van der Waals surface area contributed by atoms with Crippen molar-refractivity contribution in [2.75, 3.05) is 32.6 Å². The lowest BCUT2D eigenvalue weighted by atomic mass is 10.2. The summed E-state index contributed by atoms with van der Waals surface area (Å²) in [5, 5.41) is 3.38.